The molecular formula is C11H20O2. The van der Waals surface area contributed by atoms with Crippen LogP contribution in [-0.4, -0.2) is 22.9 Å². The molecule has 0 aromatic rings. The second-order valence-electron chi connectivity index (χ2n) is 4.31. The average molecular weight is 184 g/mol. The first-order chi connectivity index (χ1) is 5.98. The summed E-state index contributed by atoms with van der Waals surface area (Å²) in [5.74, 6) is 0.210. The SMILES string of the molecule is C=C[C@@]1(C)CCC(C(C)C(C)O)O1. The smallest absolute Gasteiger partial charge is 0.0836 e. The first-order valence-corrected chi connectivity index (χ1v) is 4.98. The van der Waals surface area contributed by atoms with Gasteiger partial charge >= 0.3 is 0 Å². The molecule has 0 aliphatic carbocycles. The highest BCUT2D eigenvalue weighted by atomic mass is 16.5. The molecule has 1 saturated heterocycles. The minimum atomic E-state index is -0.294. The predicted molar refractivity (Wildman–Crippen MR) is 53.6 cm³/mol. The molecule has 13 heavy (non-hydrogen) atoms. The molecule has 0 amide bonds. The quantitative estimate of drug-likeness (QED) is 0.681. The van der Waals surface area contributed by atoms with Crippen molar-refractivity contribution in [1.82, 2.24) is 0 Å². The van der Waals surface area contributed by atoms with E-state index in [-0.39, 0.29) is 23.7 Å². The number of rotatable bonds is 3. The Morgan fingerprint density at radius 3 is 2.62 bits per heavy atom. The highest BCUT2D eigenvalue weighted by Gasteiger charge is 2.37. The van der Waals surface area contributed by atoms with Gasteiger partial charge in [0.2, 0.25) is 0 Å². The van der Waals surface area contributed by atoms with Crippen LogP contribution in [0.5, 0.6) is 0 Å². The fourth-order valence-electron chi connectivity index (χ4n) is 1.72. The summed E-state index contributed by atoms with van der Waals surface area (Å²) in [5, 5.41) is 9.42. The molecule has 3 unspecified atom stereocenters. The molecule has 0 saturated carbocycles. The average Bonchev–Trinajstić information content (AvgIpc) is 2.47. The van der Waals surface area contributed by atoms with Gasteiger partial charge in [0.05, 0.1) is 17.8 Å². The van der Waals surface area contributed by atoms with Gasteiger partial charge in [0.15, 0.2) is 0 Å². The number of hydrogen-bond donors (Lipinski definition) is 1. The third-order valence-corrected chi connectivity index (χ3v) is 3.13. The van der Waals surface area contributed by atoms with E-state index in [0.29, 0.717) is 0 Å². The molecule has 1 heterocycles. The van der Waals surface area contributed by atoms with Gasteiger partial charge in [-0.25, -0.2) is 0 Å². The highest BCUT2D eigenvalue weighted by molar-refractivity contribution is 4.99. The summed E-state index contributed by atoms with van der Waals surface area (Å²) >= 11 is 0. The van der Waals surface area contributed by atoms with Crippen molar-refractivity contribution in [3.63, 3.8) is 0 Å². The molecule has 2 heteroatoms. The standard InChI is InChI=1S/C11H20O2/c1-5-11(4)7-6-10(13-11)8(2)9(3)12/h5,8-10,12H,1,6-7H2,2-4H3/t8?,9?,10?,11-/m0/s1. The Balaban J connectivity index is 2.54. The third-order valence-electron chi connectivity index (χ3n) is 3.13. The normalized spacial score (nSPS) is 38.6. The Morgan fingerprint density at radius 2 is 2.23 bits per heavy atom. The number of hydrogen-bond acceptors (Lipinski definition) is 2. The van der Waals surface area contributed by atoms with Crippen LogP contribution in [0.2, 0.25) is 0 Å². The van der Waals surface area contributed by atoms with Gasteiger partial charge in [0, 0.05) is 5.92 Å². The van der Waals surface area contributed by atoms with Crippen LogP contribution in [0.4, 0.5) is 0 Å². The molecule has 0 spiro atoms. The van der Waals surface area contributed by atoms with E-state index < -0.39 is 0 Å². The van der Waals surface area contributed by atoms with Gasteiger partial charge in [-0.3, -0.25) is 0 Å². The molecule has 1 aliphatic rings. The maximum Gasteiger partial charge on any atom is 0.0836 e. The zero-order valence-electron chi connectivity index (χ0n) is 8.79. The van der Waals surface area contributed by atoms with E-state index in [9.17, 15) is 5.11 Å². The molecule has 0 bridgehead atoms. The summed E-state index contributed by atoms with van der Waals surface area (Å²) in [6.45, 7) is 9.66. The molecule has 2 nitrogen and oxygen atoms in total. The van der Waals surface area contributed by atoms with Crippen molar-refractivity contribution in [2.75, 3.05) is 0 Å². The first kappa shape index (κ1) is 10.7. The summed E-state index contributed by atoms with van der Waals surface area (Å²) in [6.07, 6.45) is 3.79. The second kappa shape index (κ2) is 3.81. The summed E-state index contributed by atoms with van der Waals surface area (Å²) in [4.78, 5) is 0. The summed E-state index contributed by atoms with van der Waals surface area (Å²) in [5.41, 5.74) is -0.173. The molecule has 0 aromatic carbocycles. The number of aliphatic hydroxyl groups is 1. The van der Waals surface area contributed by atoms with Gasteiger partial charge in [-0.2, -0.15) is 0 Å². The Labute approximate surface area is 80.6 Å². The molecule has 76 valence electrons. The van der Waals surface area contributed by atoms with E-state index >= 15 is 0 Å². The van der Waals surface area contributed by atoms with Gasteiger partial charge < -0.3 is 9.84 Å². The van der Waals surface area contributed by atoms with Gasteiger partial charge in [0.1, 0.15) is 0 Å². The van der Waals surface area contributed by atoms with Crippen LogP contribution in [0, 0.1) is 5.92 Å². The molecule has 1 rings (SSSR count). The van der Waals surface area contributed by atoms with Gasteiger partial charge in [0.25, 0.3) is 0 Å². The molecule has 0 aromatic heterocycles. The van der Waals surface area contributed by atoms with Crippen LogP contribution >= 0.6 is 0 Å². The Kier molecular flexibility index (Phi) is 3.14. The Hall–Kier alpha value is -0.340. The Morgan fingerprint density at radius 1 is 1.62 bits per heavy atom. The monoisotopic (exact) mass is 184 g/mol. The Bertz CT molecular complexity index is 189. The lowest BCUT2D eigenvalue weighted by atomic mass is 9.95. The summed E-state index contributed by atoms with van der Waals surface area (Å²) in [6, 6.07) is 0. The van der Waals surface area contributed by atoms with E-state index in [4.69, 9.17) is 4.74 Å². The maximum atomic E-state index is 9.42. The van der Waals surface area contributed by atoms with Crippen molar-refractivity contribution in [2.24, 2.45) is 5.92 Å². The second-order valence-corrected chi connectivity index (χ2v) is 4.31. The van der Waals surface area contributed by atoms with E-state index in [2.05, 4.69) is 13.5 Å². The molecule has 1 fully saturated rings. The summed E-state index contributed by atoms with van der Waals surface area (Å²) in [7, 11) is 0. The molecular weight excluding hydrogens is 164 g/mol. The van der Waals surface area contributed by atoms with Crippen molar-refractivity contribution in [2.45, 2.75) is 51.4 Å². The molecule has 4 atom stereocenters. The van der Waals surface area contributed by atoms with E-state index in [1.807, 2.05) is 19.9 Å². The van der Waals surface area contributed by atoms with E-state index in [1.54, 1.807) is 0 Å². The number of aliphatic hydroxyl groups excluding tert-OH is 1. The van der Waals surface area contributed by atoms with Crippen molar-refractivity contribution in [3.8, 4) is 0 Å². The zero-order valence-corrected chi connectivity index (χ0v) is 8.79. The molecule has 1 aliphatic heterocycles. The van der Waals surface area contributed by atoms with Crippen molar-refractivity contribution < 1.29 is 9.84 Å². The van der Waals surface area contributed by atoms with Gasteiger partial charge in [-0.15, -0.1) is 6.58 Å². The zero-order chi connectivity index (χ0) is 10.1. The van der Waals surface area contributed by atoms with Gasteiger partial charge in [-0.1, -0.05) is 13.0 Å². The first-order valence-electron chi connectivity index (χ1n) is 4.98. The van der Waals surface area contributed by atoms with Crippen LogP contribution in [0.3, 0.4) is 0 Å². The van der Waals surface area contributed by atoms with E-state index in [0.717, 1.165) is 12.8 Å². The largest absolute Gasteiger partial charge is 0.393 e. The minimum absolute atomic E-state index is 0.173. The maximum absolute atomic E-state index is 9.42. The lowest BCUT2D eigenvalue weighted by Gasteiger charge is -2.25. The van der Waals surface area contributed by atoms with Crippen LogP contribution in [0.25, 0.3) is 0 Å². The lowest BCUT2D eigenvalue weighted by molar-refractivity contribution is -0.0471. The molecule has 1 N–H and O–H groups in total. The van der Waals surface area contributed by atoms with E-state index in [1.165, 1.54) is 0 Å². The van der Waals surface area contributed by atoms with Crippen LogP contribution < -0.4 is 0 Å². The third kappa shape index (κ3) is 2.32. The highest BCUT2D eigenvalue weighted by Crippen LogP contribution is 2.35. The van der Waals surface area contributed by atoms with Crippen molar-refractivity contribution in [3.05, 3.63) is 12.7 Å². The van der Waals surface area contributed by atoms with Crippen LogP contribution in [-0.2, 0) is 4.74 Å². The van der Waals surface area contributed by atoms with Crippen LogP contribution in [0.15, 0.2) is 12.7 Å². The van der Waals surface area contributed by atoms with Crippen molar-refractivity contribution >= 4 is 0 Å². The summed E-state index contributed by atoms with van der Waals surface area (Å²) < 4.78 is 5.84. The fourth-order valence-corrected chi connectivity index (χ4v) is 1.72. The minimum Gasteiger partial charge on any atom is -0.393 e. The van der Waals surface area contributed by atoms with Gasteiger partial charge in [-0.05, 0) is 26.7 Å². The fraction of sp³-hybridized carbons (Fsp3) is 0.818. The topological polar surface area (TPSA) is 29.5 Å². The predicted octanol–water partition coefficient (Wildman–Crippen LogP) is 2.13. The molecule has 0 radical (unpaired) electrons. The van der Waals surface area contributed by atoms with Crippen molar-refractivity contribution in [1.29, 1.82) is 0 Å². The lowest BCUT2D eigenvalue weighted by Crippen LogP contribution is -2.30. The number of ether oxygens (including phenoxy) is 1. The van der Waals surface area contributed by atoms with Crippen LogP contribution in [0.1, 0.15) is 33.6 Å².